The molecule has 0 N–H and O–H groups in total. The van der Waals surface area contributed by atoms with Crippen molar-refractivity contribution in [2.24, 2.45) is 5.22 Å². The molecule has 1 fully saturated rings. The molecule has 1 amide bonds. The van der Waals surface area contributed by atoms with Crippen LogP contribution in [0.15, 0.2) is 59.8 Å². The van der Waals surface area contributed by atoms with Crippen molar-refractivity contribution in [1.82, 2.24) is 9.49 Å². The fraction of sp³-hybridized carbons (Fsp3) is 0.318. The predicted molar refractivity (Wildman–Crippen MR) is 112 cm³/mol. The summed E-state index contributed by atoms with van der Waals surface area (Å²) < 4.78 is 19.5. The molecule has 8 heteroatoms. The number of ether oxygens (including phenoxy) is 1. The van der Waals surface area contributed by atoms with E-state index in [9.17, 15) is 4.79 Å². The zero-order valence-corrected chi connectivity index (χ0v) is 16.7. The van der Waals surface area contributed by atoms with Gasteiger partial charge in [0.05, 0.1) is 4.91 Å². The average Bonchev–Trinajstić information content (AvgIpc) is 3.03. The summed E-state index contributed by atoms with van der Waals surface area (Å²) in [6.45, 7) is 4.29. The van der Waals surface area contributed by atoms with E-state index in [2.05, 4.69) is 33.2 Å². The minimum atomic E-state index is -0.710. The Bertz CT molecular complexity index is 1040. The number of benzene rings is 2. The van der Waals surface area contributed by atoms with Crippen LogP contribution >= 0.6 is 0 Å². The van der Waals surface area contributed by atoms with Crippen molar-refractivity contribution in [2.75, 3.05) is 19.6 Å². The summed E-state index contributed by atoms with van der Waals surface area (Å²) in [5.74, 6) is -0.437. The molecule has 154 valence electrons. The summed E-state index contributed by atoms with van der Waals surface area (Å²) >= 11 is 0. The van der Waals surface area contributed by atoms with Gasteiger partial charge in [-0.3, -0.25) is 4.90 Å². The third kappa shape index (κ3) is 3.80. The van der Waals surface area contributed by atoms with E-state index < -0.39 is 22.6 Å². The molecule has 1 unspecified atom stereocenters. The number of nitrogens with zero attached hydrogens (tertiary/aromatic N) is 5. The molecule has 2 aliphatic rings. The van der Waals surface area contributed by atoms with Gasteiger partial charge in [0.2, 0.25) is 0 Å². The van der Waals surface area contributed by atoms with Crippen molar-refractivity contribution < 1.29 is 13.9 Å². The second-order valence-corrected chi connectivity index (χ2v) is 7.69. The molecule has 2 atom stereocenters. The zero-order chi connectivity index (χ0) is 21.1. The number of carbonyl (C=O) groups is 1. The van der Waals surface area contributed by atoms with E-state index in [1.54, 1.807) is 19.1 Å². The van der Waals surface area contributed by atoms with Crippen LogP contribution in [-0.4, -0.2) is 36.7 Å². The van der Waals surface area contributed by atoms with Gasteiger partial charge in [-0.25, -0.2) is 4.39 Å². The number of hydrogen-bond donors (Lipinski definition) is 0. The van der Waals surface area contributed by atoms with Crippen molar-refractivity contribution in [3.63, 3.8) is 0 Å². The monoisotopic (exact) mass is 408 g/mol. The largest absolute Gasteiger partial charge is 0.537 e. The van der Waals surface area contributed by atoms with Crippen LogP contribution in [0, 0.1) is 5.82 Å². The first kappa shape index (κ1) is 20.1. The summed E-state index contributed by atoms with van der Waals surface area (Å²) in [5, 5.41) is 3.65. The molecule has 4 rings (SSSR count). The Balaban J connectivity index is 1.54. The molecule has 1 saturated heterocycles. The molecule has 0 bridgehead atoms. The lowest BCUT2D eigenvalue weighted by Gasteiger charge is -2.27. The molecule has 2 aliphatic heterocycles. The van der Waals surface area contributed by atoms with Crippen molar-refractivity contribution in [3.8, 4) is 0 Å². The second-order valence-electron chi connectivity index (χ2n) is 7.69. The van der Waals surface area contributed by atoms with Crippen LogP contribution in [0.2, 0.25) is 0 Å². The smallest absolute Gasteiger partial charge is 0.410 e. The number of quaternary nitrogens is 1. The number of cyclic esters (lactones) is 1. The zero-order valence-electron chi connectivity index (χ0n) is 16.7. The van der Waals surface area contributed by atoms with Crippen molar-refractivity contribution in [2.45, 2.75) is 26.0 Å². The minimum Gasteiger partial charge on any atom is -0.410 e. The Morgan fingerprint density at radius 2 is 2.10 bits per heavy atom. The third-order valence-electron chi connectivity index (χ3n) is 5.59. The quantitative estimate of drug-likeness (QED) is 0.296. The highest BCUT2D eigenvalue weighted by Gasteiger charge is 2.51. The lowest BCUT2D eigenvalue weighted by Crippen LogP contribution is -2.44. The number of amides is 1. The first-order chi connectivity index (χ1) is 14.5. The van der Waals surface area contributed by atoms with E-state index >= 15 is 4.39 Å². The highest BCUT2D eigenvalue weighted by molar-refractivity contribution is 5.84. The van der Waals surface area contributed by atoms with Gasteiger partial charge >= 0.3 is 6.09 Å². The summed E-state index contributed by atoms with van der Waals surface area (Å²) in [6.07, 6.45) is 1.68. The molecule has 2 aromatic rings. The number of carbonyl (C=O) groups excluding carboxylic acids is 1. The maximum atomic E-state index is 15.0. The Labute approximate surface area is 174 Å². The molecule has 0 aliphatic carbocycles. The van der Waals surface area contributed by atoms with E-state index in [1.165, 1.54) is 11.6 Å². The number of halogens is 1. The predicted octanol–water partition coefficient (Wildman–Crippen LogP) is 5.19. The van der Waals surface area contributed by atoms with E-state index in [0.717, 1.165) is 31.6 Å². The summed E-state index contributed by atoms with van der Waals surface area (Å²) in [7, 11) is 0. The molecule has 30 heavy (non-hydrogen) atoms. The summed E-state index contributed by atoms with van der Waals surface area (Å²) in [5.41, 5.74) is 11.9. The van der Waals surface area contributed by atoms with Crippen LogP contribution in [0.25, 0.3) is 16.0 Å². The first-order valence-corrected chi connectivity index (χ1v) is 9.93. The second kappa shape index (κ2) is 8.28. The molecule has 0 spiro atoms. The van der Waals surface area contributed by atoms with Crippen molar-refractivity contribution in [1.29, 1.82) is 0 Å². The molecule has 0 saturated carbocycles. The van der Waals surface area contributed by atoms with Gasteiger partial charge in [0.25, 0.3) is 0 Å². The molecular formula is C22H23FN5O2+. The summed E-state index contributed by atoms with van der Waals surface area (Å²) in [6, 6.07) is 14.8. The van der Waals surface area contributed by atoms with Crippen LogP contribution in [0.5, 0.6) is 0 Å². The van der Waals surface area contributed by atoms with Gasteiger partial charge in [-0.05, 0) is 30.5 Å². The third-order valence-corrected chi connectivity index (χ3v) is 5.59. The number of rotatable bonds is 5. The standard InChI is InChI=1S/C22H23FN5O2/c1-16-15-28(26-25-24,22(29)30-16)19-7-8-20(21(23)13-19)18-9-11-27(12-10-18)14-17-5-3-2-4-6-17/h2-9,13,16H,10-12,14-15H2,1H3/q+1/t16?,28-/m0/s1. The Hall–Kier alpha value is -3.19. The topological polar surface area (TPSA) is 78.3 Å². The van der Waals surface area contributed by atoms with Crippen molar-refractivity contribution >= 4 is 17.4 Å². The number of hydrogen-bond acceptors (Lipinski definition) is 4. The maximum Gasteiger partial charge on any atom is 0.537 e. The number of azide groups is 1. The van der Waals surface area contributed by atoms with Gasteiger partial charge in [-0.2, -0.15) is 4.79 Å². The SMILES string of the molecule is CC1C[N@+](N=[N+]=[N-])(c2ccc(C3=CCN(Cc4ccccc4)CC3)c(F)c2)C(=O)O1. The van der Waals surface area contributed by atoms with Gasteiger partial charge in [0, 0.05) is 42.9 Å². The molecule has 0 aromatic heterocycles. The van der Waals surface area contributed by atoms with Gasteiger partial charge in [0.1, 0.15) is 17.6 Å². The Morgan fingerprint density at radius 1 is 1.30 bits per heavy atom. The highest BCUT2D eigenvalue weighted by atomic mass is 19.1. The van der Waals surface area contributed by atoms with Crippen LogP contribution in [0.1, 0.15) is 24.5 Å². The summed E-state index contributed by atoms with van der Waals surface area (Å²) in [4.78, 5) is 17.4. The average molecular weight is 408 g/mol. The lowest BCUT2D eigenvalue weighted by molar-refractivity contribution is 0.138. The Morgan fingerprint density at radius 3 is 2.70 bits per heavy atom. The fourth-order valence-corrected chi connectivity index (χ4v) is 4.08. The molecule has 7 nitrogen and oxygen atoms in total. The molecule has 2 heterocycles. The van der Waals surface area contributed by atoms with Crippen LogP contribution in [0.3, 0.4) is 0 Å². The van der Waals surface area contributed by atoms with E-state index in [4.69, 9.17) is 10.3 Å². The van der Waals surface area contributed by atoms with E-state index in [-0.39, 0.29) is 12.2 Å². The maximum absolute atomic E-state index is 15.0. The van der Waals surface area contributed by atoms with E-state index in [0.29, 0.717) is 5.56 Å². The molecule has 0 radical (unpaired) electrons. The molecular weight excluding hydrogens is 385 g/mol. The van der Waals surface area contributed by atoms with Crippen LogP contribution in [0.4, 0.5) is 14.9 Å². The van der Waals surface area contributed by atoms with Gasteiger partial charge in [-0.15, -0.1) is 0 Å². The first-order valence-electron chi connectivity index (χ1n) is 9.93. The lowest BCUT2D eigenvalue weighted by atomic mass is 9.98. The van der Waals surface area contributed by atoms with Crippen molar-refractivity contribution in [3.05, 3.63) is 82.0 Å². The van der Waals surface area contributed by atoms with Gasteiger partial charge in [0.15, 0.2) is 11.8 Å². The Kier molecular flexibility index (Phi) is 5.55. The van der Waals surface area contributed by atoms with Gasteiger partial charge < -0.3 is 4.74 Å². The van der Waals surface area contributed by atoms with Crippen LogP contribution in [-0.2, 0) is 11.3 Å². The highest BCUT2D eigenvalue weighted by Crippen LogP contribution is 2.35. The van der Waals surface area contributed by atoms with E-state index in [1.807, 2.05) is 18.2 Å². The minimum absolute atomic E-state index is 0.138. The van der Waals surface area contributed by atoms with Crippen LogP contribution < -0.4 is 4.59 Å². The van der Waals surface area contributed by atoms with Gasteiger partial charge in [-0.1, -0.05) is 41.0 Å². The molecule has 2 aromatic carbocycles. The fourth-order valence-electron chi connectivity index (χ4n) is 4.08. The normalized spacial score (nSPS) is 24.1.